The lowest BCUT2D eigenvalue weighted by Gasteiger charge is -2.24. The highest BCUT2D eigenvalue weighted by Gasteiger charge is 2.19. The van der Waals surface area contributed by atoms with Crippen LogP contribution in [0.2, 0.25) is 0 Å². The number of para-hydroxylation sites is 1. The molecule has 1 aliphatic heterocycles. The Morgan fingerprint density at radius 1 is 1.10 bits per heavy atom. The Hall–Kier alpha value is -3.65. The number of nitrogens with zero attached hydrogens (tertiary/aromatic N) is 2. The quantitative estimate of drug-likeness (QED) is 0.327. The molecule has 0 atom stereocenters. The number of carbonyl (C=O) groups excluding carboxylic acids is 1. The average Bonchev–Trinajstić information content (AvgIpc) is 3.29. The maximum Gasteiger partial charge on any atom is 0.276 e. The van der Waals surface area contributed by atoms with E-state index in [-0.39, 0.29) is 11.6 Å². The summed E-state index contributed by atoms with van der Waals surface area (Å²) in [5.74, 6) is 0.938. The molecule has 0 saturated carbocycles. The van der Waals surface area contributed by atoms with Crippen LogP contribution in [0.1, 0.15) is 10.4 Å². The minimum atomic E-state index is -0.464. The lowest BCUT2D eigenvalue weighted by molar-refractivity contribution is -0.385. The first kappa shape index (κ1) is 19.7. The molecule has 0 radical (unpaired) electrons. The number of anilines is 1. The molecule has 1 amide bonds. The van der Waals surface area contributed by atoms with Crippen LogP contribution in [-0.4, -0.2) is 24.0 Å². The minimum absolute atomic E-state index is 0.0503. The third-order valence-corrected chi connectivity index (χ3v) is 5.40. The predicted octanol–water partition coefficient (Wildman–Crippen LogP) is 4.67. The monoisotopic (exact) mass is 422 g/mol. The van der Waals surface area contributed by atoms with Crippen molar-refractivity contribution in [3.63, 3.8) is 0 Å². The molecule has 152 valence electrons. The van der Waals surface area contributed by atoms with Crippen molar-refractivity contribution < 1.29 is 19.2 Å². The van der Waals surface area contributed by atoms with Crippen LogP contribution in [-0.2, 0) is 11.3 Å². The molecule has 8 heteroatoms. The van der Waals surface area contributed by atoms with E-state index in [4.69, 9.17) is 9.47 Å². The third kappa shape index (κ3) is 4.33. The molecule has 0 N–H and O–H groups in total. The van der Waals surface area contributed by atoms with Crippen molar-refractivity contribution in [1.29, 1.82) is 0 Å². The number of benzene rings is 2. The second kappa shape index (κ2) is 8.79. The van der Waals surface area contributed by atoms with Crippen molar-refractivity contribution in [2.75, 3.05) is 18.1 Å². The molecule has 0 aliphatic carbocycles. The molecule has 1 aliphatic rings. The summed E-state index contributed by atoms with van der Waals surface area (Å²) in [5, 5.41) is 13.2. The Labute approximate surface area is 176 Å². The summed E-state index contributed by atoms with van der Waals surface area (Å²) < 4.78 is 11.2. The summed E-state index contributed by atoms with van der Waals surface area (Å²) >= 11 is 1.55. The molecule has 0 spiro atoms. The SMILES string of the molecule is O=C(/C=C/c1ccccc1[N+](=O)[O-])N(Cc1cccs1)c1ccc2c(c1)OCCO2. The zero-order valence-electron chi connectivity index (χ0n) is 15.9. The molecule has 0 unspecified atom stereocenters. The maximum atomic E-state index is 13.1. The smallest absolute Gasteiger partial charge is 0.276 e. The molecule has 0 saturated heterocycles. The average molecular weight is 422 g/mol. The van der Waals surface area contributed by atoms with Gasteiger partial charge in [0.1, 0.15) is 13.2 Å². The minimum Gasteiger partial charge on any atom is -0.486 e. The van der Waals surface area contributed by atoms with Gasteiger partial charge in [-0.25, -0.2) is 0 Å². The molecular weight excluding hydrogens is 404 g/mol. The number of nitro benzene ring substituents is 1. The van der Waals surface area contributed by atoms with Gasteiger partial charge in [0.15, 0.2) is 11.5 Å². The van der Waals surface area contributed by atoms with E-state index in [0.717, 1.165) is 4.88 Å². The van der Waals surface area contributed by atoms with E-state index in [1.54, 1.807) is 52.6 Å². The Bertz CT molecular complexity index is 1090. The van der Waals surface area contributed by atoms with Gasteiger partial charge in [0.05, 0.1) is 17.0 Å². The summed E-state index contributed by atoms with van der Waals surface area (Å²) in [7, 11) is 0. The number of fused-ring (bicyclic) bond motifs is 1. The fourth-order valence-electron chi connectivity index (χ4n) is 3.10. The second-order valence-corrected chi connectivity index (χ2v) is 7.51. The van der Waals surface area contributed by atoms with Gasteiger partial charge in [-0.3, -0.25) is 14.9 Å². The number of ether oxygens (including phenoxy) is 2. The van der Waals surface area contributed by atoms with Crippen molar-refractivity contribution in [2.45, 2.75) is 6.54 Å². The highest BCUT2D eigenvalue weighted by Crippen LogP contribution is 2.35. The Kier molecular flexibility index (Phi) is 5.76. The lowest BCUT2D eigenvalue weighted by atomic mass is 10.1. The largest absolute Gasteiger partial charge is 0.486 e. The van der Waals surface area contributed by atoms with Gasteiger partial charge in [0.2, 0.25) is 0 Å². The van der Waals surface area contributed by atoms with Crippen LogP contribution in [0.3, 0.4) is 0 Å². The molecular formula is C22H18N2O5S. The first-order valence-electron chi connectivity index (χ1n) is 9.27. The topological polar surface area (TPSA) is 81.9 Å². The Balaban J connectivity index is 1.64. The highest BCUT2D eigenvalue weighted by molar-refractivity contribution is 7.09. The van der Waals surface area contributed by atoms with Crippen LogP contribution >= 0.6 is 11.3 Å². The molecule has 4 rings (SSSR count). The molecule has 30 heavy (non-hydrogen) atoms. The van der Waals surface area contributed by atoms with Crippen LogP contribution < -0.4 is 14.4 Å². The van der Waals surface area contributed by atoms with Gasteiger partial charge in [0, 0.05) is 28.8 Å². The van der Waals surface area contributed by atoms with Crippen molar-refractivity contribution in [2.24, 2.45) is 0 Å². The summed E-state index contributed by atoms with van der Waals surface area (Å²) in [6.45, 7) is 1.31. The summed E-state index contributed by atoms with van der Waals surface area (Å²) in [6, 6.07) is 15.5. The van der Waals surface area contributed by atoms with E-state index < -0.39 is 4.92 Å². The van der Waals surface area contributed by atoms with Gasteiger partial charge >= 0.3 is 0 Å². The van der Waals surface area contributed by atoms with E-state index in [1.807, 2.05) is 17.5 Å². The zero-order valence-corrected chi connectivity index (χ0v) is 16.7. The van der Waals surface area contributed by atoms with Crippen molar-refractivity contribution in [3.8, 4) is 11.5 Å². The normalized spacial score (nSPS) is 12.7. The molecule has 3 aromatic rings. The predicted molar refractivity (Wildman–Crippen MR) is 115 cm³/mol. The van der Waals surface area contributed by atoms with Gasteiger partial charge in [-0.2, -0.15) is 0 Å². The van der Waals surface area contributed by atoms with E-state index in [0.29, 0.717) is 42.5 Å². The zero-order chi connectivity index (χ0) is 20.9. The van der Waals surface area contributed by atoms with Crippen LogP contribution in [0.4, 0.5) is 11.4 Å². The number of amides is 1. The van der Waals surface area contributed by atoms with Crippen molar-refractivity contribution in [1.82, 2.24) is 0 Å². The first-order valence-corrected chi connectivity index (χ1v) is 10.1. The fraction of sp³-hybridized carbons (Fsp3) is 0.136. The van der Waals surface area contributed by atoms with Crippen LogP contribution in [0.5, 0.6) is 11.5 Å². The van der Waals surface area contributed by atoms with E-state index in [1.165, 1.54) is 18.2 Å². The van der Waals surface area contributed by atoms with Crippen molar-refractivity contribution >= 4 is 34.7 Å². The molecule has 0 fully saturated rings. The third-order valence-electron chi connectivity index (χ3n) is 4.54. The molecule has 1 aromatic heterocycles. The summed E-state index contributed by atoms with van der Waals surface area (Å²) in [5.41, 5.74) is 0.977. The number of rotatable bonds is 6. The lowest BCUT2D eigenvalue weighted by Crippen LogP contribution is -2.28. The highest BCUT2D eigenvalue weighted by atomic mass is 32.1. The Morgan fingerprint density at radius 3 is 2.67 bits per heavy atom. The number of thiophene rings is 1. The number of hydrogen-bond donors (Lipinski definition) is 0. The fourth-order valence-corrected chi connectivity index (χ4v) is 3.79. The Morgan fingerprint density at radius 2 is 1.90 bits per heavy atom. The second-order valence-electron chi connectivity index (χ2n) is 6.48. The van der Waals surface area contributed by atoms with Gasteiger partial charge in [-0.15, -0.1) is 11.3 Å². The van der Waals surface area contributed by atoms with Crippen LogP contribution in [0, 0.1) is 10.1 Å². The maximum absolute atomic E-state index is 13.1. The van der Waals surface area contributed by atoms with Gasteiger partial charge in [0.25, 0.3) is 11.6 Å². The summed E-state index contributed by atoms with van der Waals surface area (Å²) in [4.78, 5) is 26.5. The van der Waals surface area contributed by atoms with E-state index in [9.17, 15) is 14.9 Å². The number of carbonyl (C=O) groups is 1. The van der Waals surface area contributed by atoms with Gasteiger partial charge in [-0.1, -0.05) is 18.2 Å². The first-order chi connectivity index (χ1) is 14.6. The molecule has 7 nitrogen and oxygen atoms in total. The van der Waals surface area contributed by atoms with Crippen LogP contribution in [0.25, 0.3) is 6.08 Å². The van der Waals surface area contributed by atoms with E-state index in [2.05, 4.69) is 0 Å². The number of nitro groups is 1. The van der Waals surface area contributed by atoms with Gasteiger partial charge in [-0.05, 0) is 35.7 Å². The van der Waals surface area contributed by atoms with Gasteiger partial charge < -0.3 is 14.4 Å². The summed E-state index contributed by atoms with van der Waals surface area (Å²) in [6.07, 6.45) is 2.83. The van der Waals surface area contributed by atoms with Crippen LogP contribution in [0.15, 0.2) is 66.1 Å². The molecule has 0 bridgehead atoms. The molecule has 2 heterocycles. The standard InChI is InChI=1S/C22H18N2O5S/c25-22(10-7-16-4-1-2-6-19(16)24(26)27)23(15-18-5-3-13-30-18)17-8-9-20-21(14-17)29-12-11-28-20/h1-10,13-14H,11-12,15H2/b10-7+. The van der Waals surface area contributed by atoms with E-state index >= 15 is 0 Å². The molecule has 2 aromatic carbocycles. The number of hydrogen-bond acceptors (Lipinski definition) is 6. The van der Waals surface area contributed by atoms with Crippen molar-refractivity contribution in [3.05, 3.63) is 86.6 Å².